The summed E-state index contributed by atoms with van der Waals surface area (Å²) in [5, 5.41) is 6.85. The van der Waals surface area contributed by atoms with E-state index in [-0.39, 0.29) is 5.91 Å². The van der Waals surface area contributed by atoms with E-state index >= 15 is 0 Å². The van der Waals surface area contributed by atoms with Crippen LogP contribution in [0.3, 0.4) is 0 Å². The first-order valence-corrected chi connectivity index (χ1v) is 9.71. The molecule has 0 radical (unpaired) electrons. The van der Waals surface area contributed by atoms with Crippen LogP contribution in [-0.4, -0.2) is 29.0 Å². The molecule has 1 aromatic heterocycles. The number of halogens is 1. The molecule has 0 saturated carbocycles. The zero-order valence-corrected chi connectivity index (χ0v) is 16.3. The van der Waals surface area contributed by atoms with Crippen LogP contribution in [0.25, 0.3) is 0 Å². The first-order valence-electron chi connectivity index (χ1n) is 9.33. The average molecular weight is 395 g/mol. The van der Waals surface area contributed by atoms with Crippen LogP contribution < -0.4 is 10.6 Å². The Morgan fingerprint density at radius 3 is 2.43 bits per heavy atom. The number of aryl methyl sites for hydroxylation is 1. The van der Waals surface area contributed by atoms with Gasteiger partial charge in [0.05, 0.1) is 0 Å². The topological polar surface area (TPSA) is 66.9 Å². The summed E-state index contributed by atoms with van der Waals surface area (Å²) in [7, 11) is 0. The van der Waals surface area contributed by atoms with Crippen molar-refractivity contribution in [3.63, 3.8) is 0 Å². The van der Waals surface area contributed by atoms with Crippen LogP contribution in [-0.2, 0) is 12.8 Å². The molecule has 0 saturated heterocycles. The molecule has 0 spiro atoms. The molecular formula is C22H23ClN4O. The number of nitrogens with zero attached hydrogens (tertiary/aromatic N) is 2. The predicted molar refractivity (Wildman–Crippen MR) is 113 cm³/mol. The SMILES string of the molecule is O=C(NCCc1ccc(Cl)cc1)c1cc(NCCCc2ccccc2)ncn1. The average Bonchev–Trinajstić information content (AvgIpc) is 2.73. The molecule has 0 aliphatic carbocycles. The Balaban J connectivity index is 1.42. The van der Waals surface area contributed by atoms with E-state index < -0.39 is 0 Å². The van der Waals surface area contributed by atoms with Crippen LogP contribution in [0.5, 0.6) is 0 Å². The molecule has 144 valence electrons. The Morgan fingerprint density at radius 2 is 1.64 bits per heavy atom. The van der Waals surface area contributed by atoms with E-state index in [1.165, 1.54) is 11.9 Å². The Morgan fingerprint density at radius 1 is 0.893 bits per heavy atom. The quantitative estimate of drug-likeness (QED) is 0.535. The minimum atomic E-state index is -0.205. The number of benzene rings is 2. The van der Waals surface area contributed by atoms with E-state index in [0.29, 0.717) is 23.1 Å². The lowest BCUT2D eigenvalue weighted by molar-refractivity contribution is 0.0949. The largest absolute Gasteiger partial charge is 0.370 e. The number of nitrogens with one attached hydrogen (secondary N) is 2. The predicted octanol–water partition coefficient (Wildman–Crippen LogP) is 4.15. The fourth-order valence-corrected chi connectivity index (χ4v) is 2.92. The number of amides is 1. The van der Waals surface area contributed by atoms with E-state index in [0.717, 1.165) is 31.4 Å². The minimum Gasteiger partial charge on any atom is -0.370 e. The highest BCUT2D eigenvalue weighted by molar-refractivity contribution is 6.30. The summed E-state index contributed by atoms with van der Waals surface area (Å²) in [6.07, 6.45) is 4.12. The van der Waals surface area contributed by atoms with Crippen molar-refractivity contribution in [2.75, 3.05) is 18.4 Å². The zero-order valence-electron chi connectivity index (χ0n) is 15.6. The Bertz CT molecular complexity index is 885. The molecule has 1 heterocycles. The fraction of sp³-hybridized carbons (Fsp3) is 0.227. The summed E-state index contributed by atoms with van der Waals surface area (Å²) < 4.78 is 0. The summed E-state index contributed by atoms with van der Waals surface area (Å²) in [6.45, 7) is 1.31. The highest BCUT2D eigenvalue weighted by Crippen LogP contribution is 2.10. The number of carbonyl (C=O) groups is 1. The molecule has 5 nitrogen and oxygen atoms in total. The maximum Gasteiger partial charge on any atom is 0.270 e. The van der Waals surface area contributed by atoms with Crippen LogP contribution in [0.2, 0.25) is 5.02 Å². The molecular weight excluding hydrogens is 372 g/mol. The fourth-order valence-electron chi connectivity index (χ4n) is 2.79. The number of carbonyl (C=O) groups excluding carboxylic acids is 1. The monoisotopic (exact) mass is 394 g/mol. The normalized spacial score (nSPS) is 10.5. The van der Waals surface area contributed by atoms with Crippen molar-refractivity contribution < 1.29 is 4.79 Å². The van der Waals surface area contributed by atoms with E-state index in [2.05, 4.69) is 32.7 Å². The molecule has 6 heteroatoms. The van der Waals surface area contributed by atoms with Crippen LogP contribution in [0.4, 0.5) is 5.82 Å². The molecule has 0 unspecified atom stereocenters. The molecule has 2 N–H and O–H groups in total. The second kappa shape index (κ2) is 10.4. The van der Waals surface area contributed by atoms with Crippen molar-refractivity contribution in [2.45, 2.75) is 19.3 Å². The van der Waals surface area contributed by atoms with Crippen LogP contribution >= 0.6 is 11.6 Å². The number of hydrogen-bond acceptors (Lipinski definition) is 4. The molecule has 28 heavy (non-hydrogen) atoms. The lowest BCUT2D eigenvalue weighted by atomic mass is 10.1. The summed E-state index contributed by atoms with van der Waals surface area (Å²) >= 11 is 5.88. The summed E-state index contributed by atoms with van der Waals surface area (Å²) in [5.74, 6) is 0.453. The van der Waals surface area contributed by atoms with Crippen molar-refractivity contribution in [3.05, 3.63) is 88.8 Å². The Kier molecular flexibility index (Phi) is 7.38. The summed E-state index contributed by atoms with van der Waals surface area (Å²) in [4.78, 5) is 20.6. The van der Waals surface area contributed by atoms with Gasteiger partial charge >= 0.3 is 0 Å². The first-order chi connectivity index (χ1) is 13.7. The third kappa shape index (κ3) is 6.35. The van der Waals surface area contributed by atoms with Crippen molar-refractivity contribution in [1.82, 2.24) is 15.3 Å². The number of rotatable bonds is 9. The van der Waals surface area contributed by atoms with Gasteiger partial charge in [-0.05, 0) is 42.5 Å². The molecule has 2 aromatic carbocycles. The first kappa shape index (κ1) is 19.8. The third-order valence-corrected chi connectivity index (χ3v) is 4.56. The minimum absolute atomic E-state index is 0.205. The Hall–Kier alpha value is -2.92. The molecule has 0 aliphatic heterocycles. The standard InChI is InChI=1S/C22H23ClN4O/c23-19-10-8-18(9-11-19)12-14-25-22(28)20-15-21(27-16-26-20)24-13-4-7-17-5-2-1-3-6-17/h1-3,5-6,8-11,15-16H,4,7,12-14H2,(H,25,28)(H,24,26,27). The van der Waals surface area contributed by atoms with Gasteiger partial charge in [-0.2, -0.15) is 0 Å². The maximum atomic E-state index is 12.3. The van der Waals surface area contributed by atoms with Crippen LogP contribution in [0, 0.1) is 0 Å². The van der Waals surface area contributed by atoms with Gasteiger partial charge < -0.3 is 10.6 Å². The molecule has 1 amide bonds. The van der Waals surface area contributed by atoms with Gasteiger partial charge in [-0.15, -0.1) is 0 Å². The van der Waals surface area contributed by atoms with Gasteiger partial charge in [-0.25, -0.2) is 9.97 Å². The molecule has 0 bridgehead atoms. The van der Waals surface area contributed by atoms with E-state index in [1.54, 1.807) is 6.07 Å². The van der Waals surface area contributed by atoms with Crippen molar-refractivity contribution in [2.24, 2.45) is 0 Å². The number of hydrogen-bond donors (Lipinski definition) is 2. The Labute approximate surface area is 170 Å². The maximum absolute atomic E-state index is 12.3. The van der Waals surface area contributed by atoms with Gasteiger partial charge in [-0.3, -0.25) is 4.79 Å². The molecule has 0 aliphatic rings. The molecule has 3 rings (SSSR count). The van der Waals surface area contributed by atoms with Crippen molar-refractivity contribution >= 4 is 23.3 Å². The van der Waals surface area contributed by atoms with Crippen molar-refractivity contribution in [3.8, 4) is 0 Å². The lowest BCUT2D eigenvalue weighted by Crippen LogP contribution is -2.26. The molecule has 0 atom stereocenters. The van der Waals surface area contributed by atoms with Gasteiger partial charge in [-0.1, -0.05) is 54.1 Å². The van der Waals surface area contributed by atoms with Crippen LogP contribution in [0.1, 0.15) is 28.0 Å². The highest BCUT2D eigenvalue weighted by atomic mass is 35.5. The zero-order chi connectivity index (χ0) is 19.6. The van der Waals surface area contributed by atoms with Crippen molar-refractivity contribution in [1.29, 1.82) is 0 Å². The number of aromatic nitrogens is 2. The molecule has 3 aromatic rings. The third-order valence-electron chi connectivity index (χ3n) is 4.30. The van der Waals surface area contributed by atoms with Gasteiger partial charge in [0.25, 0.3) is 5.91 Å². The summed E-state index contributed by atoms with van der Waals surface area (Å²) in [6, 6.07) is 19.6. The second-order valence-corrected chi connectivity index (χ2v) is 6.87. The van der Waals surface area contributed by atoms with Gasteiger partial charge in [0.1, 0.15) is 17.8 Å². The lowest BCUT2D eigenvalue weighted by Gasteiger charge is -2.08. The second-order valence-electron chi connectivity index (χ2n) is 6.44. The smallest absolute Gasteiger partial charge is 0.270 e. The highest BCUT2D eigenvalue weighted by Gasteiger charge is 2.08. The molecule has 0 fully saturated rings. The van der Waals surface area contributed by atoms with E-state index in [4.69, 9.17) is 11.6 Å². The van der Waals surface area contributed by atoms with Gasteiger partial charge in [0.15, 0.2) is 0 Å². The van der Waals surface area contributed by atoms with E-state index in [9.17, 15) is 4.79 Å². The summed E-state index contributed by atoms with van der Waals surface area (Å²) in [5.41, 5.74) is 2.79. The van der Waals surface area contributed by atoms with E-state index in [1.807, 2.05) is 42.5 Å². The van der Waals surface area contributed by atoms with Gasteiger partial charge in [0.2, 0.25) is 0 Å². The van der Waals surface area contributed by atoms with Gasteiger partial charge in [0, 0.05) is 24.2 Å². The number of anilines is 1. The van der Waals surface area contributed by atoms with Crippen LogP contribution in [0.15, 0.2) is 67.0 Å².